The fourth-order valence-electron chi connectivity index (χ4n) is 1.52. The van der Waals surface area contributed by atoms with Crippen molar-refractivity contribution >= 4 is 5.71 Å². The van der Waals surface area contributed by atoms with E-state index < -0.39 is 0 Å². The van der Waals surface area contributed by atoms with Gasteiger partial charge in [-0.1, -0.05) is 32.1 Å². The minimum absolute atomic E-state index is 0.303. The summed E-state index contributed by atoms with van der Waals surface area (Å²) in [7, 11) is 0. The Morgan fingerprint density at radius 3 is 2.92 bits per heavy atom. The van der Waals surface area contributed by atoms with E-state index in [1.807, 2.05) is 6.08 Å². The normalized spacial score (nSPS) is 32.4. The van der Waals surface area contributed by atoms with Crippen LogP contribution in [0.25, 0.3) is 0 Å². The second-order valence-corrected chi connectivity index (χ2v) is 3.63. The molecular formula is C10H14N2. The molecule has 2 atom stereocenters. The zero-order valence-corrected chi connectivity index (χ0v) is 7.49. The fourth-order valence-corrected chi connectivity index (χ4v) is 1.52. The molecule has 0 saturated carbocycles. The van der Waals surface area contributed by atoms with Gasteiger partial charge < -0.3 is 0 Å². The second kappa shape index (κ2) is 2.87. The molecular weight excluding hydrogens is 148 g/mol. The van der Waals surface area contributed by atoms with E-state index in [1.165, 1.54) is 5.71 Å². The third-order valence-electron chi connectivity index (χ3n) is 2.27. The van der Waals surface area contributed by atoms with Gasteiger partial charge in [-0.2, -0.15) is 0 Å². The van der Waals surface area contributed by atoms with Crippen molar-refractivity contribution in [3.05, 3.63) is 24.3 Å². The van der Waals surface area contributed by atoms with Gasteiger partial charge in [0, 0.05) is 0 Å². The van der Waals surface area contributed by atoms with Crippen LogP contribution < -0.4 is 5.32 Å². The van der Waals surface area contributed by atoms with E-state index in [9.17, 15) is 0 Å². The van der Waals surface area contributed by atoms with Crippen LogP contribution in [0.3, 0.4) is 0 Å². The van der Waals surface area contributed by atoms with Gasteiger partial charge in [0.1, 0.15) is 6.17 Å². The summed E-state index contributed by atoms with van der Waals surface area (Å²) in [6.45, 7) is 4.37. The Balaban J connectivity index is 2.17. The molecule has 64 valence electrons. The van der Waals surface area contributed by atoms with Gasteiger partial charge in [-0.15, -0.1) is 0 Å². The molecule has 12 heavy (non-hydrogen) atoms. The first kappa shape index (κ1) is 7.74. The molecule has 1 aliphatic heterocycles. The molecule has 0 amide bonds. The molecule has 0 saturated heterocycles. The Morgan fingerprint density at radius 2 is 2.25 bits per heavy atom. The number of rotatable bonds is 1. The second-order valence-electron chi connectivity index (χ2n) is 3.63. The van der Waals surface area contributed by atoms with Crippen LogP contribution in [0.2, 0.25) is 0 Å². The third kappa shape index (κ3) is 1.23. The van der Waals surface area contributed by atoms with Crippen molar-refractivity contribution in [2.24, 2.45) is 10.9 Å². The van der Waals surface area contributed by atoms with E-state index in [4.69, 9.17) is 0 Å². The molecule has 0 spiro atoms. The molecule has 2 unspecified atom stereocenters. The topological polar surface area (TPSA) is 24.4 Å². The lowest BCUT2D eigenvalue weighted by molar-refractivity contribution is 0.438. The van der Waals surface area contributed by atoms with Gasteiger partial charge in [0.25, 0.3) is 0 Å². The largest absolute Gasteiger partial charge is 0.284 e. The van der Waals surface area contributed by atoms with Crippen molar-refractivity contribution in [1.82, 2.24) is 5.32 Å². The van der Waals surface area contributed by atoms with E-state index in [-0.39, 0.29) is 0 Å². The third-order valence-corrected chi connectivity index (χ3v) is 2.27. The molecule has 0 bridgehead atoms. The van der Waals surface area contributed by atoms with Crippen LogP contribution in [0.4, 0.5) is 0 Å². The molecule has 1 heterocycles. The van der Waals surface area contributed by atoms with Gasteiger partial charge in [0.15, 0.2) is 0 Å². The first-order valence-corrected chi connectivity index (χ1v) is 4.46. The minimum Gasteiger partial charge on any atom is -0.284 e. The van der Waals surface area contributed by atoms with Gasteiger partial charge in [-0.25, -0.2) is 0 Å². The Labute approximate surface area is 73.1 Å². The first-order valence-electron chi connectivity index (χ1n) is 4.46. The van der Waals surface area contributed by atoms with Crippen LogP contribution in [0.5, 0.6) is 0 Å². The Bertz CT molecular complexity index is 261. The molecule has 1 aliphatic carbocycles. The van der Waals surface area contributed by atoms with Crippen molar-refractivity contribution in [2.45, 2.75) is 26.1 Å². The Morgan fingerprint density at radius 1 is 1.42 bits per heavy atom. The number of nitrogens with one attached hydrogen (secondary N) is 1. The molecule has 1 N–H and O–H groups in total. The highest BCUT2D eigenvalue weighted by Gasteiger charge is 2.26. The Hall–Kier alpha value is -0.890. The summed E-state index contributed by atoms with van der Waals surface area (Å²) in [5.41, 5.74) is 1.18. The fraction of sp³-hybridized carbons (Fsp3) is 0.500. The lowest BCUT2D eigenvalue weighted by Crippen LogP contribution is -2.35. The lowest BCUT2D eigenvalue weighted by Gasteiger charge is -2.14. The van der Waals surface area contributed by atoms with E-state index in [1.54, 1.807) is 0 Å². The molecule has 0 aromatic rings. The first-order chi connectivity index (χ1) is 5.77. The van der Waals surface area contributed by atoms with Crippen molar-refractivity contribution in [3.63, 3.8) is 0 Å². The van der Waals surface area contributed by atoms with Crippen molar-refractivity contribution in [1.29, 1.82) is 0 Å². The van der Waals surface area contributed by atoms with E-state index in [0.717, 1.165) is 0 Å². The van der Waals surface area contributed by atoms with Gasteiger partial charge in [-0.3, -0.25) is 10.3 Å². The maximum Gasteiger partial charge on any atom is 0.103 e. The molecule has 0 radical (unpaired) electrons. The van der Waals surface area contributed by atoms with E-state index in [0.29, 0.717) is 18.1 Å². The van der Waals surface area contributed by atoms with Gasteiger partial charge in [0.05, 0.1) is 11.8 Å². The van der Waals surface area contributed by atoms with Crippen LogP contribution in [0, 0.1) is 5.92 Å². The zero-order chi connectivity index (χ0) is 8.55. The standard InChI is InChI=1S/C10H14N2/c1-7(2)10-11-8-5-3-4-6-9(8)12-10/h3-8,10-11H,1-2H3. The number of fused-ring (bicyclic) bond motifs is 1. The quantitative estimate of drug-likeness (QED) is 0.621. The summed E-state index contributed by atoms with van der Waals surface area (Å²) in [5, 5.41) is 3.45. The number of aliphatic imine (C=N–C) groups is 1. The number of allylic oxidation sites excluding steroid dienone is 2. The predicted molar refractivity (Wildman–Crippen MR) is 51.3 cm³/mol. The summed E-state index contributed by atoms with van der Waals surface area (Å²) >= 11 is 0. The molecule has 2 heteroatoms. The smallest absolute Gasteiger partial charge is 0.103 e. The minimum atomic E-state index is 0.303. The highest BCUT2D eigenvalue weighted by Crippen LogP contribution is 2.15. The molecule has 0 aromatic heterocycles. The monoisotopic (exact) mass is 162 g/mol. The van der Waals surface area contributed by atoms with Crippen LogP contribution in [0.15, 0.2) is 29.3 Å². The SMILES string of the molecule is CC(C)C1N=C2C=CC=CC2N1. The molecule has 2 nitrogen and oxygen atoms in total. The highest BCUT2D eigenvalue weighted by atomic mass is 15.2. The van der Waals surface area contributed by atoms with E-state index in [2.05, 4.69) is 42.4 Å². The summed E-state index contributed by atoms with van der Waals surface area (Å²) < 4.78 is 0. The van der Waals surface area contributed by atoms with E-state index >= 15 is 0 Å². The average molecular weight is 162 g/mol. The Kier molecular flexibility index (Phi) is 1.85. The van der Waals surface area contributed by atoms with Crippen LogP contribution in [0.1, 0.15) is 13.8 Å². The van der Waals surface area contributed by atoms with Crippen LogP contribution in [-0.2, 0) is 0 Å². The lowest BCUT2D eigenvalue weighted by atomic mass is 10.1. The number of hydrogen-bond donors (Lipinski definition) is 1. The summed E-state index contributed by atoms with van der Waals surface area (Å²) in [4.78, 5) is 4.58. The van der Waals surface area contributed by atoms with Crippen LogP contribution >= 0.6 is 0 Å². The van der Waals surface area contributed by atoms with Crippen molar-refractivity contribution < 1.29 is 0 Å². The zero-order valence-electron chi connectivity index (χ0n) is 7.49. The summed E-state index contributed by atoms with van der Waals surface area (Å²) in [6.07, 6.45) is 8.65. The van der Waals surface area contributed by atoms with Gasteiger partial charge in [-0.05, 0) is 12.0 Å². The maximum atomic E-state index is 4.58. The summed E-state index contributed by atoms with van der Waals surface area (Å²) in [5.74, 6) is 0.574. The number of nitrogens with zero attached hydrogens (tertiary/aromatic N) is 1. The van der Waals surface area contributed by atoms with Gasteiger partial charge >= 0.3 is 0 Å². The van der Waals surface area contributed by atoms with Crippen LogP contribution in [-0.4, -0.2) is 17.9 Å². The molecule has 0 fully saturated rings. The number of hydrogen-bond acceptors (Lipinski definition) is 2. The molecule has 2 rings (SSSR count). The highest BCUT2D eigenvalue weighted by molar-refractivity contribution is 6.03. The summed E-state index contributed by atoms with van der Waals surface area (Å²) in [6, 6.07) is 0.363. The maximum absolute atomic E-state index is 4.58. The van der Waals surface area contributed by atoms with Gasteiger partial charge in [0.2, 0.25) is 0 Å². The predicted octanol–water partition coefficient (Wildman–Crippen LogP) is 1.51. The van der Waals surface area contributed by atoms with Crippen molar-refractivity contribution in [3.8, 4) is 0 Å². The molecule has 0 aromatic carbocycles. The van der Waals surface area contributed by atoms with Crippen molar-refractivity contribution in [2.75, 3.05) is 0 Å². The average Bonchev–Trinajstić information content (AvgIpc) is 2.46. The molecule has 2 aliphatic rings.